The molecular formula is C16H11N3O3S3. The number of hydrogen-bond acceptors (Lipinski definition) is 7. The largest absolute Gasteiger partial charge is 0.298 e. The molecule has 4 rings (SSSR count). The summed E-state index contributed by atoms with van der Waals surface area (Å²) in [7, 11) is -3.28. The van der Waals surface area contributed by atoms with E-state index in [1.165, 1.54) is 28.7 Å². The quantitative estimate of drug-likeness (QED) is 0.579. The molecule has 0 aliphatic carbocycles. The number of hydrogen-bond donors (Lipinski definition) is 1. The molecule has 25 heavy (non-hydrogen) atoms. The van der Waals surface area contributed by atoms with Crippen molar-refractivity contribution >= 4 is 64.0 Å². The summed E-state index contributed by atoms with van der Waals surface area (Å²) in [6.45, 7) is 0. The number of fused-ring (bicyclic) bond motifs is 2. The average Bonchev–Trinajstić information content (AvgIpc) is 3.18. The van der Waals surface area contributed by atoms with Crippen LogP contribution in [-0.2, 0) is 9.84 Å². The molecule has 9 heteroatoms. The predicted octanol–water partition coefficient (Wildman–Crippen LogP) is 3.56. The number of nitrogens with one attached hydrogen (secondary N) is 1. The summed E-state index contributed by atoms with van der Waals surface area (Å²) >= 11 is 2.71. The molecule has 0 atom stereocenters. The molecule has 0 unspecified atom stereocenters. The van der Waals surface area contributed by atoms with Gasteiger partial charge in [0, 0.05) is 11.8 Å². The van der Waals surface area contributed by atoms with Crippen LogP contribution in [0.5, 0.6) is 0 Å². The Hall–Kier alpha value is -2.36. The summed E-state index contributed by atoms with van der Waals surface area (Å²) in [5.74, 6) is -0.266. The lowest BCUT2D eigenvalue weighted by molar-refractivity contribution is 0.102. The fourth-order valence-electron chi connectivity index (χ4n) is 2.35. The molecule has 2 heterocycles. The fraction of sp³-hybridized carbons (Fsp3) is 0.0625. The molecule has 0 bridgehead atoms. The van der Waals surface area contributed by atoms with E-state index in [4.69, 9.17) is 0 Å². The summed E-state index contributed by atoms with van der Waals surface area (Å²) < 4.78 is 24.9. The van der Waals surface area contributed by atoms with Crippen LogP contribution >= 0.6 is 22.7 Å². The molecule has 1 amide bonds. The average molecular weight is 389 g/mol. The zero-order chi connectivity index (χ0) is 17.6. The minimum Gasteiger partial charge on any atom is -0.298 e. The number of thiazole rings is 2. The van der Waals surface area contributed by atoms with E-state index in [1.807, 2.05) is 0 Å². The van der Waals surface area contributed by atoms with E-state index in [0.29, 0.717) is 20.9 Å². The second-order valence-electron chi connectivity index (χ2n) is 5.41. The molecule has 6 nitrogen and oxygen atoms in total. The number of aromatic nitrogens is 2. The lowest BCUT2D eigenvalue weighted by atomic mass is 10.2. The Morgan fingerprint density at radius 3 is 2.68 bits per heavy atom. The van der Waals surface area contributed by atoms with Gasteiger partial charge < -0.3 is 0 Å². The van der Waals surface area contributed by atoms with E-state index in [2.05, 4.69) is 15.3 Å². The van der Waals surface area contributed by atoms with Gasteiger partial charge in [-0.2, -0.15) is 0 Å². The molecule has 0 aliphatic rings. The first-order chi connectivity index (χ1) is 11.9. The molecule has 0 radical (unpaired) electrons. The minimum atomic E-state index is -3.28. The Kier molecular flexibility index (Phi) is 3.78. The molecule has 4 aromatic rings. The molecule has 0 spiro atoms. The maximum absolute atomic E-state index is 12.4. The highest BCUT2D eigenvalue weighted by atomic mass is 32.2. The summed E-state index contributed by atoms with van der Waals surface area (Å²) in [6, 6.07) is 10.0. The monoisotopic (exact) mass is 389 g/mol. The molecule has 2 aromatic carbocycles. The number of nitrogens with zero attached hydrogens (tertiary/aromatic N) is 2. The third kappa shape index (κ3) is 3.13. The van der Waals surface area contributed by atoms with Gasteiger partial charge in [-0.15, -0.1) is 11.3 Å². The lowest BCUT2D eigenvalue weighted by Gasteiger charge is -2.01. The third-order valence-corrected chi connectivity index (χ3v) is 6.44. The van der Waals surface area contributed by atoms with Gasteiger partial charge in [0.1, 0.15) is 0 Å². The van der Waals surface area contributed by atoms with E-state index in [-0.39, 0.29) is 10.8 Å². The number of benzene rings is 2. The summed E-state index contributed by atoms with van der Waals surface area (Å²) in [4.78, 5) is 21.2. The second kappa shape index (κ2) is 5.87. The molecule has 126 valence electrons. The summed E-state index contributed by atoms with van der Waals surface area (Å²) in [5, 5.41) is 3.19. The number of rotatable bonds is 3. The lowest BCUT2D eigenvalue weighted by Crippen LogP contribution is -2.11. The van der Waals surface area contributed by atoms with Crippen LogP contribution in [0.1, 0.15) is 10.4 Å². The zero-order valence-electron chi connectivity index (χ0n) is 12.9. The van der Waals surface area contributed by atoms with Gasteiger partial charge in [-0.25, -0.2) is 18.4 Å². The van der Waals surface area contributed by atoms with Gasteiger partial charge in [-0.1, -0.05) is 11.3 Å². The van der Waals surface area contributed by atoms with Crippen LogP contribution in [0.25, 0.3) is 20.4 Å². The van der Waals surface area contributed by atoms with Gasteiger partial charge in [0.05, 0.1) is 30.8 Å². The number of amides is 1. The van der Waals surface area contributed by atoms with Crippen LogP contribution in [0.4, 0.5) is 5.13 Å². The van der Waals surface area contributed by atoms with Crippen molar-refractivity contribution < 1.29 is 13.2 Å². The first-order valence-electron chi connectivity index (χ1n) is 7.15. The van der Waals surface area contributed by atoms with Crippen molar-refractivity contribution in [2.45, 2.75) is 4.90 Å². The van der Waals surface area contributed by atoms with Gasteiger partial charge >= 0.3 is 0 Å². The smallest absolute Gasteiger partial charge is 0.257 e. The highest BCUT2D eigenvalue weighted by Gasteiger charge is 2.13. The topological polar surface area (TPSA) is 89.0 Å². The molecule has 0 aliphatic heterocycles. The van der Waals surface area contributed by atoms with Gasteiger partial charge in [-0.05, 0) is 36.4 Å². The Bertz CT molecular complexity index is 1230. The van der Waals surface area contributed by atoms with E-state index < -0.39 is 9.84 Å². The molecule has 2 aromatic heterocycles. The minimum absolute atomic E-state index is 0.233. The fourth-order valence-corrected chi connectivity index (χ4v) is 4.69. The molecule has 0 saturated heterocycles. The standard InChI is InChI=1S/C16H11N3O3S3/c1-25(21,22)10-3-5-12-14(7-10)24-16(18-12)19-15(20)9-2-4-11-13(6-9)23-8-17-11/h2-8H,1H3,(H,18,19,20). The molecule has 0 saturated carbocycles. The van der Waals surface area contributed by atoms with Crippen molar-refractivity contribution in [2.75, 3.05) is 11.6 Å². The van der Waals surface area contributed by atoms with Crippen molar-refractivity contribution in [3.05, 3.63) is 47.5 Å². The van der Waals surface area contributed by atoms with Gasteiger partial charge in [0.2, 0.25) is 0 Å². The Balaban J connectivity index is 1.64. The maximum Gasteiger partial charge on any atom is 0.257 e. The van der Waals surface area contributed by atoms with E-state index in [9.17, 15) is 13.2 Å². The number of carbonyl (C=O) groups excluding carboxylic acids is 1. The Labute approximate surface area is 151 Å². The first-order valence-corrected chi connectivity index (χ1v) is 10.7. The number of carbonyl (C=O) groups is 1. The Morgan fingerprint density at radius 1 is 1.08 bits per heavy atom. The third-order valence-electron chi connectivity index (χ3n) is 3.60. The van der Waals surface area contributed by atoms with Crippen molar-refractivity contribution in [2.24, 2.45) is 0 Å². The summed E-state index contributed by atoms with van der Waals surface area (Å²) in [5.41, 5.74) is 3.76. The van der Waals surface area contributed by atoms with Crippen LogP contribution in [0.3, 0.4) is 0 Å². The normalized spacial score (nSPS) is 11.9. The molecular weight excluding hydrogens is 378 g/mol. The van der Waals surface area contributed by atoms with Gasteiger partial charge in [0.25, 0.3) is 5.91 Å². The predicted molar refractivity (Wildman–Crippen MR) is 100 cm³/mol. The van der Waals surface area contributed by atoms with Crippen LogP contribution in [0, 0.1) is 0 Å². The van der Waals surface area contributed by atoms with Crippen LogP contribution in [0.15, 0.2) is 46.8 Å². The van der Waals surface area contributed by atoms with E-state index in [0.717, 1.165) is 16.5 Å². The SMILES string of the molecule is CS(=O)(=O)c1ccc2nc(NC(=O)c3ccc4ncsc4c3)sc2c1. The highest BCUT2D eigenvalue weighted by molar-refractivity contribution is 7.90. The number of anilines is 1. The van der Waals surface area contributed by atoms with Crippen molar-refractivity contribution in [1.29, 1.82) is 0 Å². The van der Waals surface area contributed by atoms with Crippen LogP contribution < -0.4 is 5.32 Å². The van der Waals surface area contributed by atoms with Crippen LogP contribution in [0.2, 0.25) is 0 Å². The van der Waals surface area contributed by atoms with Gasteiger partial charge in [-0.3, -0.25) is 10.1 Å². The summed E-state index contributed by atoms with van der Waals surface area (Å²) in [6.07, 6.45) is 1.16. The van der Waals surface area contributed by atoms with Crippen LogP contribution in [-0.4, -0.2) is 30.5 Å². The maximum atomic E-state index is 12.4. The Morgan fingerprint density at radius 2 is 1.88 bits per heavy atom. The first kappa shape index (κ1) is 16.1. The second-order valence-corrected chi connectivity index (χ2v) is 9.34. The highest BCUT2D eigenvalue weighted by Crippen LogP contribution is 2.29. The zero-order valence-corrected chi connectivity index (χ0v) is 15.3. The molecule has 1 N–H and O–H groups in total. The number of sulfone groups is 1. The van der Waals surface area contributed by atoms with E-state index >= 15 is 0 Å². The van der Waals surface area contributed by atoms with Gasteiger partial charge in [0.15, 0.2) is 15.0 Å². The molecule has 0 fully saturated rings. The van der Waals surface area contributed by atoms with Crippen molar-refractivity contribution in [3.63, 3.8) is 0 Å². The van der Waals surface area contributed by atoms with E-state index in [1.54, 1.807) is 35.8 Å². The van der Waals surface area contributed by atoms with Crippen molar-refractivity contribution in [1.82, 2.24) is 9.97 Å². The van der Waals surface area contributed by atoms with Crippen molar-refractivity contribution in [3.8, 4) is 0 Å².